The summed E-state index contributed by atoms with van der Waals surface area (Å²) in [5, 5.41) is 1.06. The highest BCUT2D eigenvalue weighted by atomic mass is 35.5. The molecule has 0 N–H and O–H groups in total. The summed E-state index contributed by atoms with van der Waals surface area (Å²) in [5.74, 6) is 1.51. The molecule has 2 rings (SSSR count). The van der Waals surface area contributed by atoms with Gasteiger partial charge in [0.2, 0.25) is 5.13 Å². The second-order valence-corrected chi connectivity index (χ2v) is 4.79. The average Bonchev–Trinajstić information content (AvgIpc) is 2.71. The third-order valence-electron chi connectivity index (χ3n) is 2.66. The van der Waals surface area contributed by atoms with Crippen LogP contribution in [0.2, 0.25) is 0 Å². The summed E-state index contributed by atoms with van der Waals surface area (Å²) in [6, 6.07) is 0. The Balaban J connectivity index is 1.94. The normalized spacial score (nSPS) is 22.6. The lowest BCUT2D eigenvalue weighted by Crippen LogP contribution is -2.35. The number of rotatable bonds is 3. The van der Waals surface area contributed by atoms with Crippen molar-refractivity contribution >= 4 is 28.3 Å². The Kier molecular flexibility index (Phi) is 3.59. The van der Waals surface area contributed by atoms with Gasteiger partial charge in [0.25, 0.3) is 0 Å². The van der Waals surface area contributed by atoms with E-state index in [9.17, 15) is 0 Å². The summed E-state index contributed by atoms with van der Waals surface area (Å²) in [6.07, 6.45) is 5.31. The lowest BCUT2D eigenvalue weighted by Gasteiger charge is -2.31. The Morgan fingerprint density at radius 3 is 3.29 bits per heavy atom. The van der Waals surface area contributed by atoms with E-state index >= 15 is 0 Å². The molecule has 2 heterocycles. The van der Waals surface area contributed by atoms with Gasteiger partial charge in [0, 0.05) is 30.5 Å². The van der Waals surface area contributed by atoms with Crippen molar-refractivity contribution in [1.82, 2.24) is 9.36 Å². The van der Waals surface area contributed by atoms with Crippen molar-refractivity contribution in [2.75, 3.05) is 23.9 Å². The van der Waals surface area contributed by atoms with E-state index in [1.165, 1.54) is 24.4 Å². The Bertz CT molecular complexity index is 263. The zero-order chi connectivity index (χ0) is 9.80. The molecule has 1 aromatic heterocycles. The fourth-order valence-electron chi connectivity index (χ4n) is 1.94. The second-order valence-electron chi connectivity index (χ2n) is 3.66. The number of hydrogen-bond acceptors (Lipinski definition) is 4. The van der Waals surface area contributed by atoms with Crippen molar-refractivity contribution < 1.29 is 0 Å². The van der Waals surface area contributed by atoms with E-state index in [2.05, 4.69) is 14.3 Å². The smallest absolute Gasteiger partial charge is 0.204 e. The highest BCUT2D eigenvalue weighted by Crippen LogP contribution is 2.25. The Hall–Kier alpha value is -0.350. The largest absolute Gasteiger partial charge is 0.347 e. The molecule has 0 radical (unpaired) electrons. The molecular weight excluding hydrogens is 218 g/mol. The first-order valence-electron chi connectivity index (χ1n) is 4.97. The van der Waals surface area contributed by atoms with Gasteiger partial charge >= 0.3 is 0 Å². The van der Waals surface area contributed by atoms with Gasteiger partial charge in [-0.15, -0.1) is 11.6 Å². The van der Waals surface area contributed by atoms with Crippen LogP contribution in [0.15, 0.2) is 6.33 Å². The van der Waals surface area contributed by atoms with Crippen LogP contribution in [0.5, 0.6) is 0 Å². The number of hydrogen-bond donors (Lipinski definition) is 0. The maximum Gasteiger partial charge on any atom is 0.204 e. The fourth-order valence-corrected chi connectivity index (χ4v) is 2.81. The van der Waals surface area contributed by atoms with Gasteiger partial charge in [-0.05, 0) is 25.2 Å². The predicted octanol–water partition coefficient (Wildman–Crippen LogP) is 2.38. The van der Waals surface area contributed by atoms with Crippen LogP contribution in [0.4, 0.5) is 5.13 Å². The molecular formula is C9H14ClN3S. The van der Waals surface area contributed by atoms with E-state index in [4.69, 9.17) is 11.6 Å². The third kappa shape index (κ3) is 2.36. The standard InChI is InChI=1S/C9H14ClN3S/c10-4-3-8-2-1-5-13(6-8)9-11-7-12-14-9/h7-8H,1-6H2. The van der Waals surface area contributed by atoms with E-state index in [-0.39, 0.29) is 0 Å². The van der Waals surface area contributed by atoms with Gasteiger partial charge in [-0.25, -0.2) is 4.98 Å². The van der Waals surface area contributed by atoms with Crippen molar-refractivity contribution in [3.63, 3.8) is 0 Å². The molecule has 14 heavy (non-hydrogen) atoms. The highest BCUT2D eigenvalue weighted by molar-refractivity contribution is 7.09. The number of anilines is 1. The molecule has 78 valence electrons. The lowest BCUT2D eigenvalue weighted by molar-refractivity contribution is 0.406. The molecule has 0 bridgehead atoms. The Labute approximate surface area is 93.3 Å². The maximum absolute atomic E-state index is 5.76. The van der Waals surface area contributed by atoms with Crippen molar-refractivity contribution in [2.45, 2.75) is 19.3 Å². The van der Waals surface area contributed by atoms with Crippen LogP contribution >= 0.6 is 23.1 Å². The molecule has 1 aliphatic rings. The minimum absolute atomic E-state index is 0.741. The van der Waals surface area contributed by atoms with Crippen molar-refractivity contribution in [3.8, 4) is 0 Å². The second kappa shape index (κ2) is 4.94. The third-order valence-corrected chi connectivity index (χ3v) is 3.60. The molecule has 0 saturated carbocycles. The van der Waals surface area contributed by atoms with Crippen LogP contribution in [0, 0.1) is 5.92 Å². The number of halogens is 1. The molecule has 0 spiro atoms. The predicted molar refractivity (Wildman–Crippen MR) is 60.2 cm³/mol. The van der Waals surface area contributed by atoms with Gasteiger partial charge in [0.1, 0.15) is 6.33 Å². The van der Waals surface area contributed by atoms with Crippen LogP contribution in [0.3, 0.4) is 0 Å². The van der Waals surface area contributed by atoms with Gasteiger partial charge in [0.15, 0.2) is 0 Å². The highest BCUT2D eigenvalue weighted by Gasteiger charge is 2.21. The van der Waals surface area contributed by atoms with E-state index in [1.807, 2.05) is 0 Å². The first-order chi connectivity index (χ1) is 6.90. The molecule has 1 unspecified atom stereocenters. The zero-order valence-electron chi connectivity index (χ0n) is 8.03. The monoisotopic (exact) mass is 231 g/mol. The van der Waals surface area contributed by atoms with Crippen LogP contribution in [-0.4, -0.2) is 28.3 Å². The summed E-state index contributed by atoms with van der Waals surface area (Å²) in [6.45, 7) is 2.22. The number of alkyl halides is 1. The van der Waals surface area contributed by atoms with Gasteiger partial charge in [-0.2, -0.15) is 4.37 Å². The van der Waals surface area contributed by atoms with Gasteiger partial charge in [-0.3, -0.25) is 0 Å². The molecule has 0 aromatic carbocycles. The van der Waals surface area contributed by atoms with Gasteiger partial charge in [-0.1, -0.05) is 0 Å². The van der Waals surface area contributed by atoms with E-state index in [1.54, 1.807) is 6.33 Å². The fraction of sp³-hybridized carbons (Fsp3) is 0.778. The van der Waals surface area contributed by atoms with Crippen LogP contribution < -0.4 is 4.90 Å². The van der Waals surface area contributed by atoms with E-state index < -0.39 is 0 Å². The molecule has 0 aliphatic carbocycles. The minimum atomic E-state index is 0.741. The SMILES string of the molecule is ClCCC1CCCN(c2ncns2)C1. The zero-order valence-corrected chi connectivity index (χ0v) is 9.60. The Morgan fingerprint density at radius 2 is 2.57 bits per heavy atom. The van der Waals surface area contributed by atoms with Crippen molar-refractivity contribution in [3.05, 3.63) is 6.33 Å². The van der Waals surface area contributed by atoms with E-state index in [0.29, 0.717) is 0 Å². The molecule has 1 atom stereocenters. The van der Waals surface area contributed by atoms with Gasteiger partial charge < -0.3 is 4.90 Å². The molecule has 5 heteroatoms. The minimum Gasteiger partial charge on any atom is -0.347 e. The summed E-state index contributed by atoms with van der Waals surface area (Å²) in [5.41, 5.74) is 0. The summed E-state index contributed by atoms with van der Waals surface area (Å²) >= 11 is 7.24. The summed E-state index contributed by atoms with van der Waals surface area (Å²) in [4.78, 5) is 6.57. The Morgan fingerprint density at radius 1 is 1.64 bits per heavy atom. The molecule has 0 amide bonds. The quantitative estimate of drug-likeness (QED) is 0.748. The van der Waals surface area contributed by atoms with Crippen molar-refractivity contribution in [2.24, 2.45) is 5.92 Å². The number of aromatic nitrogens is 2. The molecule has 1 fully saturated rings. The lowest BCUT2D eigenvalue weighted by atomic mass is 9.96. The molecule has 1 aliphatic heterocycles. The van der Waals surface area contributed by atoms with Crippen LogP contribution in [-0.2, 0) is 0 Å². The van der Waals surface area contributed by atoms with E-state index in [0.717, 1.165) is 36.4 Å². The summed E-state index contributed by atoms with van der Waals surface area (Å²) < 4.78 is 4.03. The maximum atomic E-state index is 5.76. The number of nitrogens with zero attached hydrogens (tertiary/aromatic N) is 3. The molecule has 3 nitrogen and oxygen atoms in total. The molecule has 1 saturated heterocycles. The number of piperidine rings is 1. The van der Waals surface area contributed by atoms with Crippen molar-refractivity contribution in [1.29, 1.82) is 0 Å². The first-order valence-corrected chi connectivity index (χ1v) is 6.28. The summed E-state index contributed by atoms with van der Waals surface area (Å²) in [7, 11) is 0. The topological polar surface area (TPSA) is 29.0 Å². The molecule has 1 aromatic rings. The van der Waals surface area contributed by atoms with Crippen LogP contribution in [0.1, 0.15) is 19.3 Å². The first kappa shape index (κ1) is 10.2. The van der Waals surface area contributed by atoms with Crippen LogP contribution in [0.25, 0.3) is 0 Å². The average molecular weight is 232 g/mol. The van der Waals surface area contributed by atoms with Gasteiger partial charge in [0.05, 0.1) is 0 Å².